The second-order valence-corrected chi connectivity index (χ2v) is 5.24. The Bertz CT molecular complexity index is 410. The van der Waals surface area contributed by atoms with Gasteiger partial charge in [-0.25, -0.2) is 0 Å². The highest BCUT2D eigenvalue weighted by Gasteiger charge is 2.20. The van der Waals surface area contributed by atoms with Crippen molar-refractivity contribution in [2.75, 3.05) is 7.11 Å². The van der Waals surface area contributed by atoms with Crippen LogP contribution in [0.25, 0.3) is 0 Å². The van der Waals surface area contributed by atoms with Crippen molar-refractivity contribution in [1.29, 1.82) is 0 Å². The minimum atomic E-state index is -0.397. The predicted octanol–water partition coefficient (Wildman–Crippen LogP) is 3.01. The predicted molar refractivity (Wildman–Crippen MR) is 69.3 cm³/mol. The van der Waals surface area contributed by atoms with E-state index in [0.29, 0.717) is 17.3 Å². The topological polar surface area (TPSA) is 38.3 Å². The molecular formula is C13H18ClNO2. The molecule has 1 amide bonds. The second kappa shape index (κ2) is 5.41. The molecule has 0 aliphatic rings. The molecule has 0 atom stereocenters. The number of rotatable bonds is 3. The third kappa shape index (κ3) is 3.63. The van der Waals surface area contributed by atoms with Gasteiger partial charge in [0.25, 0.3) is 0 Å². The number of hydrogen-bond donors (Lipinski definition) is 1. The summed E-state index contributed by atoms with van der Waals surface area (Å²) in [6.07, 6.45) is 0. The minimum absolute atomic E-state index is 0.00335. The molecule has 0 aliphatic carbocycles. The smallest absolute Gasteiger partial charge is 0.225 e. The first-order valence-electron chi connectivity index (χ1n) is 5.46. The van der Waals surface area contributed by atoms with Crippen LogP contribution >= 0.6 is 11.6 Å². The van der Waals surface area contributed by atoms with E-state index in [1.54, 1.807) is 13.2 Å². The molecule has 1 N–H and O–H groups in total. The molecule has 0 unspecified atom stereocenters. The molecule has 1 aromatic rings. The maximum Gasteiger partial charge on any atom is 0.225 e. The van der Waals surface area contributed by atoms with Crippen LogP contribution in [0.15, 0.2) is 18.2 Å². The molecule has 0 heterocycles. The average molecular weight is 256 g/mol. The zero-order valence-electron chi connectivity index (χ0n) is 10.6. The maximum atomic E-state index is 11.7. The fourth-order valence-corrected chi connectivity index (χ4v) is 1.56. The van der Waals surface area contributed by atoms with Gasteiger partial charge in [0.15, 0.2) is 0 Å². The van der Waals surface area contributed by atoms with E-state index in [-0.39, 0.29) is 5.91 Å². The van der Waals surface area contributed by atoms with Gasteiger partial charge in [0.1, 0.15) is 5.75 Å². The summed E-state index contributed by atoms with van der Waals surface area (Å²) in [5.74, 6) is 0.616. The Balaban J connectivity index is 2.74. The lowest BCUT2D eigenvalue weighted by Crippen LogP contribution is -2.34. The molecule has 0 bridgehead atoms. The standard InChI is InChI=1S/C13H18ClNO2/c1-13(2,3)12(16)15-8-9-6-5-7-10(17-4)11(9)14/h5-7H,8H2,1-4H3,(H,15,16). The highest BCUT2D eigenvalue weighted by molar-refractivity contribution is 6.32. The van der Waals surface area contributed by atoms with Crippen LogP contribution in [0.3, 0.4) is 0 Å². The SMILES string of the molecule is COc1cccc(CNC(=O)C(C)(C)C)c1Cl. The Morgan fingerprint density at radius 3 is 2.59 bits per heavy atom. The van der Waals surface area contributed by atoms with Crippen LogP contribution in [0.4, 0.5) is 0 Å². The summed E-state index contributed by atoms with van der Waals surface area (Å²) in [6.45, 7) is 6.02. The molecule has 1 rings (SSSR count). The summed E-state index contributed by atoms with van der Waals surface area (Å²) in [7, 11) is 1.57. The van der Waals surface area contributed by atoms with E-state index in [2.05, 4.69) is 5.32 Å². The number of nitrogens with one attached hydrogen (secondary N) is 1. The van der Waals surface area contributed by atoms with E-state index < -0.39 is 5.41 Å². The van der Waals surface area contributed by atoms with Gasteiger partial charge in [-0.3, -0.25) is 4.79 Å². The van der Waals surface area contributed by atoms with Crippen molar-refractivity contribution in [3.05, 3.63) is 28.8 Å². The van der Waals surface area contributed by atoms with Crippen LogP contribution in [0, 0.1) is 5.41 Å². The molecule has 94 valence electrons. The first-order valence-corrected chi connectivity index (χ1v) is 5.83. The summed E-state index contributed by atoms with van der Waals surface area (Å²) >= 11 is 6.13. The molecule has 0 aliphatic heterocycles. The molecule has 4 heteroatoms. The van der Waals surface area contributed by atoms with E-state index in [1.165, 1.54) is 0 Å². The van der Waals surface area contributed by atoms with Crippen LogP contribution in [0.1, 0.15) is 26.3 Å². The number of amides is 1. The monoisotopic (exact) mass is 255 g/mol. The number of carbonyl (C=O) groups excluding carboxylic acids is 1. The third-order valence-corrected chi connectivity index (χ3v) is 2.81. The molecule has 0 fully saturated rings. The number of hydrogen-bond acceptors (Lipinski definition) is 2. The Morgan fingerprint density at radius 2 is 2.06 bits per heavy atom. The van der Waals surface area contributed by atoms with Crippen molar-refractivity contribution in [2.45, 2.75) is 27.3 Å². The summed E-state index contributed by atoms with van der Waals surface area (Å²) in [5.41, 5.74) is 0.453. The van der Waals surface area contributed by atoms with E-state index in [9.17, 15) is 4.79 Å². The number of carbonyl (C=O) groups is 1. The van der Waals surface area contributed by atoms with Gasteiger partial charge in [0.2, 0.25) is 5.91 Å². The second-order valence-electron chi connectivity index (χ2n) is 4.87. The summed E-state index contributed by atoms with van der Waals surface area (Å²) in [6, 6.07) is 5.51. The van der Waals surface area contributed by atoms with Gasteiger partial charge in [-0.15, -0.1) is 0 Å². The fourth-order valence-electron chi connectivity index (χ4n) is 1.29. The molecule has 0 spiro atoms. The minimum Gasteiger partial charge on any atom is -0.495 e. The summed E-state index contributed by atoms with van der Waals surface area (Å²) in [4.78, 5) is 11.7. The molecule has 0 radical (unpaired) electrons. The summed E-state index contributed by atoms with van der Waals surface area (Å²) < 4.78 is 5.12. The van der Waals surface area contributed by atoms with Crippen molar-refractivity contribution >= 4 is 17.5 Å². The van der Waals surface area contributed by atoms with Crippen LogP contribution in [-0.2, 0) is 11.3 Å². The van der Waals surface area contributed by atoms with Gasteiger partial charge in [0.05, 0.1) is 12.1 Å². The molecule has 0 aromatic heterocycles. The van der Waals surface area contributed by atoms with Gasteiger partial charge < -0.3 is 10.1 Å². The van der Waals surface area contributed by atoms with Gasteiger partial charge >= 0.3 is 0 Å². The Labute approximate surface area is 107 Å². The van der Waals surface area contributed by atoms with Crippen LogP contribution in [0.5, 0.6) is 5.75 Å². The van der Waals surface area contributed by atoms with Crippen molar-refractivity contribution in [2.24, 2.45) is 5.41 Å². The van der Waals surface area contributed by atoms with Gasteiger partial charge in [0, 0.05) is 12.0 Å². The van der Waals surface area contributed by atoms with E-state index >= 15 is 0 Å². The molecule has 3 nitrogen and oxygen atoms in total. The van der Waals surface area contributed by atoms with Crippen molar-refractivity contribution in [3.63, 3.8) is 0 Å². The largest absolute Gasteiger partial charge is 0.495 e. The first-order chi connectivity index (χ1) is 7.86. The number of ether oxygens (including phenoxy) is 1. The fraction of sp³-hybridized carbons (Fsp3) is 0.462. The van der Waals surface area contributed by atoms with Gasteiger partial charge in [-0.1, -0.05) is 44.5 Å². The molecule has 0 saturated carbocycles. The van der Waals surface area contributed by atoms with Crippen LogP contribution < -0.4 is 10.1 Å². The average Bonchev–Trinajstić information content (AvgIpc) is 2.26. The lowest BCUT2D eigenvalue weighted by atomic mass is 9.95. The maximum absolute atomic E-state index is 11.7. The van der Waals surface area contributed by atoms with Crippen molar-refractivity contribution < 1.29 is 9.53 Å². The van der Waals surface area contributed by atoms with Crippen LogP contribution in [0.2, 0.25) is 5.02 Å². The lowest BCUT2D eigenvalue weighted by Gasteiger charge is -2.18. The zero-order chi connectivity index (χ0) is 13.1. The normalized spacial score (nSPS) is 11.1. The number of methoxy groups -OCH3 is 1. The lowest BCUT2D eigenvalue weighted by molar-refractivity contribution is -0.128. The quantitative estimate of drug-likeness (QED) is 0.902. The highest BCUT2D eigenvalue weighted by atomic mass is 35.5. The third-order valence-electron chi connectivity index (χ3n) is 2.38. The highest BCUT2D eigenvalue weighted by Crippen LogP contribution is 2.27. The zero-order valence-corrected chi connectivity index (χ0v) is 11.4. The molecule has 17 heavy (non-hydrogen) atoms. The Kier molecular flexibility index (Phi) is 4.40. The first kappa shape index (κ1) is 13.8. The Hall–Kier alpha value is -1.22. The van der Waals surface area contributed by atoms with E-state index in [1.807, 2.05) is 32.9 Å². The molecular weight excluding hydrogens is 238 g/mol. The van der Waals surface area contributed by atoms with Crippen LogP contribution in [-0.4, -0.2) is 13.0 Å². The number of halogens is 1. The van der Waals surface area contributed by atoms with E-state index in [4.69, 9.17) is 16.3 Å². The van der Waals surface area contributed by atoms with Gasteiger partial charge in [-0.2, -0.15) is 0 Å². The number of benzene rings is 1. The Morgan fingerprint density at radius 1 is 1.41 bits per heavy atom. The van der Waals surface area contributed by atoms with Crippen molar-refractivity contribution in [3.8, 4) is 5.75 Å². The van der Waals surface area contributed by atoms with Gasteiger partial charge in [-0.05, 0) is 11.6 Å². The molecule has 1 aromatic carbocycles. The summed E-state index contributed by atoms with van der Waals surface area (Å²) in [5, 5.41) is 3.40. The molecule has 0 saturated heterocycles. The van der Waals surface area contributed by atoms with E-state index in [0.717, 1.165) is 5.56 Å². The van der Waals surface area contributed by atoms with Crippen molar-refractivity contribution in [1.82, 2.24) is 5.32 Å².